The molecule has 0 saturated carbocycles. The van der Waals surface area contributed by atoms with E-state index in [1.54, 1.807) is 20.8 Å². The van der Waals surface area contributed by atoms with E-state index in [2.05, 4.69) is 14.4 Å². The Labute approximate surface area is 636 Å². The monoisotopic (exact) mass is 1570 g/mol. The number of rotatable bonds is 15. The first-order chi connectivity index (χ1) is 51.4. The van der Waals surface area contributed by atoms with Crippen LogP contribution in [0.3, 0.4) is 0 Å². The van der Waals surface area contributed by atoms with Gasteiger partial charge in [0.15, 0.2) is 37.7 Å². The Bertz CT molecular complexity index is 5020. The van der Waals surface area contributed by atoms with E-state index < -0.39 is 110 Å². The second-order valence-electron chi connectivity index (χ2n) is 23.0. The number of methoxy groups -OCH3 is 2. The fourth-order valence-electron chi connectivity index (χ4n) is 9.87. The van der Waals surface area contributed by atoms with Gasteiger partial charge in [-0.2, -0.15) is 5.26 Å². The molecule has 33 nitrogen and oxygen atoms in total. The summed E-state index contributed by atoms with van der Waals surface area (Å²) in [4.78, 5) is 139. The fourth-order valence-corrected chi connectivity index (χ4v) is 10.2. The van der Waals surface area contributed by atoms with Gasteiger partial charge in [0.2, 0.25) is 0 Å². The lowest BCUT2D eigenvalue weighted by Gasteiger charge is -2.17. The molecule has 8 rings (SSSR count). The van der Waals surface area contributed by atoms with Crippen molar-refractivity contribution in [1.82, 2.24) is 0 Å². The van der Waals surface area contributed by atoms with Crippen LogP contribution < -0.4 is 9.47 Å². The van der Waals surface area contributed by atoms with Crippen molar-refractivity contribution in [3.05, 3.63) is 180 Å². The molecule has 8 aromatic carbocycles. The highest BCUT2D eigenvalue weighted by Gasteiger charge is 2.31. The fraction of sp³-hybridized carbons (Fsp3) is 0.200. The Morgan fingerprint density at radius 3 is 0.991 bits per heavy atom. The van der Waals surface area contributed by atoms with E-state index >= 15 is 0 Å². The van der Waals surface area contributed by atoms with Crippen LogP contribution in [0.1, 0.15) is 195 Å². The second-order valence-corrected chi connectivity index (χ2v) is 23.8. The van der Waals surface area contributed by atoms with Crippen molar-refractivity contribution in [1.29, 1.82) is 0 Å². The standard InChI is InChI=1S/C20H20O8.C19H18O8.C11H12O5.C9H7ClO6.C8H7ClO3.C8H8O3.2H2/c1-8-6-13(11(4)17(23)14(8)19(25)27-5)28-20(26)15-9(2)10(3)16(22)12(7-21)18(15)24;1-8-5-12(21)11(7-20)17(23)15(8)19(25)27-13-6-9(2)14(18(24)26-4)16(22)10(13)3;1-3-16-11(15)9-6(2)4-8(13)7(5-12)10(9)14;1-3-5(9(14)16-15)7(12)4(2-11)8(13)6(3)10;1-4-2-6(11)5(3-10)8(12)7(4)9;1-5-2-7(10)6(4-9)8(11)3-5;;/h6-7,22-24H,1-5H3;5-7,21-23H,1-4H3;4-5,13-14H,3H2,1-2H3;2,12-13,15H,1H3;2-3,11-12H,1H3;2-4,10-11H,1H3;2*1H. The summed E-state index contributed by atoms with van der Waals surface area (Å²) in [5.41, 5.74) is -0.145. The molecule has 0 amide bonds. The molecule has 0 radical (unpaired) electrons. The van der Waals surface area contributed by atoms with Crippen molar-refractivity contribution in [3.63, 3.8) is 0 Å². The quantitative estimate of drug-likeness (QED) is 0.0113. The molecule has 110 heavy (non-hydrogen) atoms. The molecule has 0 aliphatic carbocycles. The summed E-state index contributed by atoms with van der Waals surface area (Å²) < 4.78 is 24.5. The number of aldehydes is 6. The number of halogens is 2. The number of aryl methyl sites for hydroxylation is 6. The summed E-state index contributed by atoms with van der Waals surface area (Å²) in [5, 5.41) is 143. The highest BCUT2D eigenvalue weighted by atomic mass is 35.5. The third kappa shape index (κ3) is 19.9. The van der Waals surface area contributed by atoms with Crippen molar-refractivity contribution >= 4 is 96.7 Å². The molecular weight excluding hydrogens is 1500 g/mol. The van der Waals surface area contributed by atoms with Gasteiger partial charge < -0.3 is 95.2 Å². The van der Waals surface area contributed by atoms with Crippen molar-refractivity contribution in [2.75, 3.05) is 20.8 Å². The van der Waals surface area contributed by atoms with Gasteiger partial charge in [0.1, 0.15) is 131 Å². The number of esters is 5. The minimum Gasteiger partial charge on any atom is -0.507 e. The van der Waals surface area contributed by atoms with Crippen molar-refractivity contribution < 1.29 is 166 Å². The number of phenolic OH excluding ortho intramolecular Hbond substituents is 14. The van der Waals surface area contributed by atoms with Crippen LogP contribution in [-0.4, -0.2) is 171 Å². The van der Waals surface area contributed by atoms with Crippen molar-refractivity contribution in [3.8, 4) is 92.0 Å². The number of carbonyl (C=O) groups excluding carboxylic acids is 12. The second kappa shape index (κ2) is 39.1. The van der Waals surface area contributed by atoms with Crippen molar-refractivity contribution in [2.45, 2.75) is 83.1 Å². The van der Waals surface area contributed by atoms with Gasteiger partial charge in [-0.15, -0.1) is 0 Å². The molecule has 0 spiro atoms. The lowest BCUT2D eigenvalue weighted by Crippen LogP contribution is -2.14. The first kappa shape index (κ1) is 90.6. The van der Waals surface area contributed by atoms with Crippen LogP contribution in [0.15, 0.2) is 42.5 Å². The van der Waals surface area contributed by atoms with Gasteiger partial charge in [-0.25, -0.2) is 28.8 Å². The molecule has 8 aromatic rings. The highest BCUT2D eigenvalue weighted by molar-refractivity contribution is 6.34. The Morgan fingerprint density at radius 2 is 0.627 bits per heavy atom. The minimum atomic E-state index is -1.28. The highest BCUT2D eigenvalue weighted by Crippen LogP contribution is 2.43. The van der Waals surface area contributed by atoms with Crippen LogP contribution in [-0.2, 0) is 19.1 Å². The maximum absolute atomic E-state index is 12.7. The van der Waals surface area contributed by atoms with E-state index in [9.17, 15) is 114 Å². The molecule has 588 valence electrons. The van der Waals surface area contributed by atoms with Crippen LogP contribution in [0.5, 0.6) is 92.0 Å². The molecule has 0 bridgehead atoms. The van der Waals surface area contributed by atoms with Gasteiger partial charge in [0.05, 0.1) is 58.7 Å². The summed E-state index contributed by atoms with van der Waals surface area (Å²) in [7, 11) is 2.35. The van der Waals surface area contributed by atoms with Gasteiger partial charge in [-0.1, -0.05) is 23.2 Å². The van der Waals surface area contributed by atoms with Gasteiger partial charge in [0.25, 0.3) is 0 Å². The summed E-state index contributed by atoms with van der Waals surface area (Å²) in [6, 6.07) is 9.29. The summed E-state index contributed by atoms with van der Waals surface area (Å²) in [6.07, 6.45) is 1.64. The molecule has 0 fully saturated rings. The first-order valence-electron chi connectivity index (χ1n) is 31.0. The average Bonchev–Trinajstić information content (AvgIpc) is 0.768. The molecule has 0 atom stereocenters. The molecule has 35 heteroatoms. The number of carbonyl (C=O) groups is 12. The zero-order valence-corrected chi connectivity index (χ0v) is 62.0. The Morgan fingerprint density at radius 1 is 0.327 bits per heavy atom. The van der Waals surface area contributed by atoms with Crippen LogP contribution >= 0.6 is 23.2 Å². The lowest BCUT2D eigenvalue weighted by molar-refractivity contribution is -0.183. The third-order valence-electron chi connectivity index (χ3n) is 15.9. The number of ether oxygens (including phenoxy) is 5. The Kier molecular flexibility index (Phi) is 32.2. The Hall–Kier alpha value is -13.7. The number of benzene rings is 8. The number of hydrogen-bond donors (Lipinski definition) is 15. The molecule has 0 heterocycles. The summed E-state index contributed by atoms with van der Waals surface area (Å²) >= 11 is 11.2. The maximum Gasteiger partial charge on any atom is 0.376 e. The average molecular weight is 1580 g/mol. The normalized spacial score (nSPS) is 10.1. The topological polar surface area (TPSA) is 564 Å². The number of hydrogen-bond acceptors (Lipinski definition) is 33. The molecule has 0 unspecified atom stereocenters. The van der Waals surface area contributed by atoms with Gasteiger partial charge >= 0.3 is 35.8 Å². The van der Waals surface area contributed by atoms with E-state index in [0.29, 0.717) is 40.4 Å². The smallest absolute Gasteiger partial charge is 0.376 e. The van der Waals surface area contributed by atoms with Gasteiger partial charge in [0, 0.05) is 14.0 Å². The van der Waals surface area contributed by atoms with E-state index in [4.69, 9.17) is 58.0 Å². The third-order valence-corrected chi connectivity index (χ3v) is 16.9. The molecule has 15 N–H and O–H groups in total. The Balaban J connectivity index is 0.000000693. The lowest BCUT2D eigenvalue weighted by atomic mass is 9.97. The molecule has 0 aromatic heterocycles. The van der Waals surface area contributed by atoms with Gasteiger partial charge in [-0.05, 0) is 176 Å². The van der Waals surface area contributed by atoms with Crippen molar-refractivity contribution in [2.24, 2.45) is 0 Å². The zero-order valence-electron chi connectivity index (χ0n) is 60.5. The predicted octanol–water partition coefficient (Wildman–Crippen LogP) is 11.9. The van der Waals surface area contributed by atoms with E-state index in [1.807, 2.05) is 0 Å². The van der Waals surface area contributed by atoms with Crippen LogP contribution in [0.2, 0.25) is 10.0 Å². The molecule has 0 aliphatic heterocycles. The van der Waals surface area contributed by atoms with Crippen LogP contribution in [0.4, 0.5) is 0 Å². The zero-order chi connectivity index (χ0) is 84.3. The van der Waals surface area contributed by atoms with Gasteiger partial charge in [-0.3, -0.25) is 33.7 Å². The largest absolute Gasteiger partial charge is 0.507 e. The summed E-state index contributed by atoms with van der Waals surface area (Å²) in [6.45, 7) is 18.3. The number of phenols is 14. The van der Waals surface area contributed by atoms with Crippen LogP contribution in [0.25, 0.3) is 0 Å². The maximum atomic E-state index is 12.7. The molecule has 0 saturated heterocycles. The van der Waals surface area contributed by atoms with Crippen LogP contribution in [0, 0.1) is 76.2 Å². The summed E-state index contributed by atoms with van der Waals surface area (Å²) in [5.74, 6) is -12.0. The SMILES string of the molecule is CCOC(=O)c1c(C)cc(O)c(C=O)c1O.COC(=O)c1c(C)cc(OC(=O)c2c(C)c(C)c(O)c(C=O)c2O)c(C)c1O.COC(=O)c1c(C)cc(OC(=O)c2c(C)cc(O)c(C=O)c2O)c(C)c1O.Cc1c(Cl)c(O)c(C=O)c(O)c1C(=O)OO.Cc1cc(O)c(C=O)c(O)c1.Cc1cc(O)c(C=O)c(O)c1Cl.[HH].[HH]. The molecular formula is C75H76Cl2O33. The van der Waals surface area contributed by atoms with E-state index in [-0.39, 0.29) is 163 Å². The molecule has 0 aliphatic rings. The minimum absolute atomic E-state index is 0. The predicted molar refractivity (Wildman–Crippen MR) is 390 cm³/mol. The van der Waals surface area contributed by atoms with E-state index in [0.717, 1.165) is 6.07 Å². The van der Waals surface area contributed by atoms with E-state index in [1.165, 1.54) is 113 Å². The first-order valence-corrected chi connectivity index (χ1v) is 31.8. The number of aromatic hydroxyl groups is 14.